The van der Waals surface area contributed by atoms with E-state index >= 15 is 0 Å². The molecule has 4 aliphatic carbocycles. The molecule has 2 heterocycles. The number of nitrogens with one attached hydrogen (secondary N) is 2. The molecule has 0 aromatic carbocycles. The second-order valence-corrected chi connectivity index (χ2v) is 9.96. The number of anilines is 1. The number of amides is 2. The lowest BCUT2D eigenvalue weighted by molar-refractivity contribution is -0.156. The molecule has 1 aromatic rings. The zero-order chi connectivity index (χ0) is 21.8. The molecule has 3 N–H and O–H groups in total. The van der Waals surface area contributed by atoms with E-state index in [1.807, 2.05) is 0 Å². The molecule has 0 spiro atoms. The van der Waals surface area contributed by atoms with Gasteiger partial charge < -0.3 is 20.6 Å². The van der Waals surface area contributed by atoms with Crippen molar-refractivity contribution < 1.29 is 14.7 Å². The summed E-state index contributed by atoms with van der Waals surface area (Å²) in [6.45, 7) is 0.508. The summed E-state index contributed by atoms with van der Waals surface area (Å²) < 4.78 is 0. The number of carboxylic acid groups (broad SMARTS) is 1. The summed E-state index contributed by atoms with van der Waals surface area (Å²) in [4.78, 5) is 30.9. The Morgan fingerprint density at radius 1 is 1.26 bits per heavy atom. The van der Waals surface area contributed by atoms with Crippen LogP contribution in [0.25, 0.3) is 0 Å². The van der Waals surface area contributed by atoms with E-state index in [1.54, 1.807) is 24.1 Å². The topological polar surface area (TPSA) is 118 Å². The Labute approximate surface area is 182 Å². The highest BCUT2D eigenvalue weighted by atomic mass is 16.4. The summed E-state index contributed by atoms with van der Waals surface area (Å²) in [6.07, 6.45) is 6.34. The van der Waals surface area contributed by atoms with Crippen LogP contribution in [-0.2, 0) is 4.79 Å². The number of likely N-dealkylation sites (tertiary alicyclic amines) is 1. The fraction of sp³-hybridized carbons (Fsp3) is 0.652. The molecule has 5 aliphatic rings. The molecule has 8 heteroatoms. The maximum atomic E-state index is 12.8. The second kappa shape index (κ2) is 7.40. The van der Waals surface area contributed by atoms with Gasteiger partial charge in [0.2, 0.25) is 5.91 Å². The standard InChI is InChI=1S/C23H29N5O3/c1-25-21(29)23-8-14-6-15(9-23)19(16(7-14)10-23)20-17(4-5-28(20)22(30)31)27-18-3-2-13(11-24)12-26-18/h2-3,12,14-17,19-20H,4-10H2,1H3,(H,25,29)(H,26,27)(H,30,31). The third kappa shape index (κ3) is 3.22. The molecule has 5 fully saturated rings. The Hall–Kier alpha value is -2.82. The van der Waals surface area contributed by atoms with Crippen LogP contribution in [0.2, 0.25) is 0 Å². The molecule has 164 valence electrons. The molecular formula is C23H29N5O3. The molecule has 31 heavy (non-hydrogen) atoms. The molecule has 4 atom stereocenters. The van der Waals surface area contributed by atoms with Crippen molar-refractivity contribution in [3.8, 4) is 6.07 Å². The Morgan fingerprint density at radius 3 is 2.58 bits per heavy atom. The minimum absolute atomic E-state index is 0.0185. The van der Waals surface area contributed by atoms with Crippen molar-refractivity contribution in [3.63, 3.8) is 0 Å². The Bertz CT molecular complexity index is 910. The van der Waals surface area contributed by atoms with Gasteiger partial charge in [0.15, 0.2) is 0 Å². The number of rotatable bonds is 4. The summed E-state index contributed by atoms with van der Waals surface area (Å²) >= 11 is 0. The van der Waals surface area contributed by atoms with Gasteiger partial charge in [0.1, 0.15) is 11.9 Å². The first-order valence-electron chi connectivity index (χ1n) is 11.3. The van der Waals surface area contributed by atoms with Gasteiger partial charge in [-0.05, 0) is 74.3 Å². The van der Waals surface area contributed by atoms with E-state index in [2.05, 4.69) is 21.7 Å². The van der Waals surface area contributed by atoms with Crippen LogP contribution in [0.3, 0.4) is 0 Å². The highest BCUT2D eigenvalue weighted by molar-refractivity contribution is 5.83. The predicted octanol–water partition coefficient (Wildman–Crippen LogP) is 2.67. The summed E-state index contributed by atoms with van der Waals surface area (Å²) in [5.41, 5.74) is 0.243. The third-order valence-electron chi connectivity index (χ3n) is 8.37. The van der Waals surface area contributed by atoms with Crippen molar-refractivity contribution >= 4 is 17.8 Å². The smallest absolute Gasteiger partial charge is 0.407 e. The molecule has 4 unspecified atom stereocenters. The summed E-state index contributed by atoms with van der Waals surface area (Å²) in [5, 5.41) is 25.3. The van der Waals surface area contributed by atoms with E-state index in [4.69, 9.17) is 5.26 Å². The first-order valence-corrected chi connectivity index (χ1v) is 11.3. The summed E-state index contributed by atoms with van der Waals surface area (Å²) in [7, 11) is 1.73. The van der Waals surface area contributed by atoms with Gasteiger partial charge in [0.05, 0.1) is 17.6 Å². The number of aromatic nitrogens is 1. The minimum atomic E-state index is -0.864. The van der Waals surface area contributed by atoms with E-state index in [9.17, 15) is 14.7 Å². The van der Waals surface area contributed by atoms with Crippen LogP contribution in [0.4, 0.5) is 10.6 Å². The van der Waals surface area contributed by atoms with Gasteiger partial charge in [-0.25, -0.2) is 9.78 Å². The number of pyridine rings is 1. The van der Waals surface area contributed by atoms with Gasteiger partial charge >= 0.3 is 6.09 Å². The molecule has 0 radical (unpaired) electrons. The minimum Gasteiger partial charge on any atom is -0.465 e. The normalized spacial score (nSPS) is 38.0. The lowest BCUT2D eigenvalue weighted by atomic mass is 9.44. The Kier molecular flexibility index (Phi) is 4.80. The molecule has 6 rings (SSSR count). The Morgan fingerprint density at radius 2 is 2.00 bits per heavy atom. The van der Waals surface area contributed by atoms with E-state index in [1.165, 1.54) is 6.20 Å². The van der Waals surface area contributed by atoms with Gasteiger partial charge in [0, 0.05) is 25.2 Å². The van der Waals surface area contributed by atoms with E-state index in [0.717, 1.165) is 38.5 Å². The van der Waals surface area contributed by atoms with Crippen LogP contribution in [0.15, 0.2) is 18.3 Å². The van der Waals surface area contributed by atoms with E-state index < -0.39 is 6.09 Å². The Balaban J connectivity index is 1.42. The lowest BCUT2D eigenvalue weighted by Crippen LogP contribution is -2.61. The van der Waals surface area contributed by atoms with Crippen LogP contribution in [0.1, 0.15) is 44.1 Å². The molecule has 1 aliphatic heterocycles. The van der Waals surface area contributed by atoms with Crippen LogP contribution >= 0.6 is 0 Å². The molecule has 2 amide bonds. The van der Waals surface area contributed by atoms with Crippen molar-refractivity contribution in [3.05, 3.63) is 23.9 Å². The van der Waals surface area contributed by atoms with Gasteiger partial charge in [-0.3, -0.25) is 4.79 Å². The van der Waals surface area contributed by atoms with E-state index in [-0.39, 0.29) is 29.3 Å². The van der Waals surface area contributed by atoms with Crippen molar-refractivity contribution in [2.75, 3.05) is 18.9 Å². The highest BCUT2D eigenvalue weighted by Crippen LogP contribution is 2.64. The van der Waals surface area contributed by atoms with Crippen molar-refractivity contribution in [1.29, 1.82) is 5.26 Å². The van der Waals surface area contributed by atoms with Crippen molar-refractivity contribution in [1.82, 2.24) is 15.2 Å². The molecule has 4 saturated carbocycles. The van der Waals surface area contributed by atoms with Crippen LogP contribution in [-0.4, -0.2) is 52.7 Å². The number of carbonyl (C=O) groups excluding carboxylic acids is 1. The van der Waals surface area contributed by atoms with Crippen LogP contribution < -0.4 is 10.6 Å². The highest BCUT2D eigenvalue weighted by Gasteiger charge is 2.61. The third-order valence-corrected chi connectivity index (χ3v) is 8.37. The monoisotopic (exact) mass is 423 g/mol. The summed E-state index contributed by atoms with van der Waals surface area (Å²) in [6, 6.07) is 5.45. The van der Waals surface area contributed by atoms with Gasteiger partial charge in [-0.2, -0.15) is 5.26 Å². The fourth-order valence-electron chi connectivity index (χ4n) is 7.57. The van der Waals surface area contributed by atoms with Gasteiger partial charge in [0.25, 0.3) is 0 Å². The average Bonchev–Trinajstić information content (AvgIpc) is 3.16. The maximum absolute atomic E-state index is 12.8. The lowest BCUT2D eigenvalue weighted by Gasteiger charge is -2.61. The fourth-order valence-corrected chi connectivity index (χ4v) is 7.57. The number of hydrogen-bond acceptors (Lipinski definition) is 5. The van der Waals surface area contributed by atoms with E-state index in [0.29, 0.717) is 35.7 Å². The molecule has 1 saturated heterocycles. The number of carbonyl (C=O) groups is 2. The van der Waals surface area contributed by atoms with Crippen LogP contribution in [0.5, 0.6) is 0 Å². The second-order valence-electron chi connectivity index (χ2n) is 9.96. The molecule has 8 nitrogen and oxygen atoms in total. The molecule has 1 aromatic heterocycles. The van der Waals surface area contributed by atoms with Gasteiger partial charge in [-0.1, -0.05) is 0 Å². The van der Waals surface area contributed by atoms with Crippen molar-refractivity contribution in [2.45, 2.75) is 50.6 Å². The zero-order valence-electron chi connectivity index (χ0n) is 17.8. The summed E-state index contributed by atoms with van der Waals surface area (Å²) in [5.74, 6) is 2.45. The molecule has 4 bridgehead atoms. The number of hydrogen-bond donors (Lipinski definition) is 3. The first-order chi connectivity index (χ1) is 14.9. The quantitative estimate of drug-likeness (QED) is 0.685. The average molecular weight is 424 g/mol. The van der Waals surface area contributed by atoms with Gasteiger partial charge in [-0.15, -0.1) is 0 Å². The molecular weight excluding hydrogens is 394 g/mol. The number of nitriles is 1. The zero-order valence-corrected chi connectivity index (χ0v) is 17.8. The maximum Gasteiger partial charge on any atom is 0.407 e. The van der Waals surface area contributed by atoms with Crippen molar-refractivity contribution in [2.24, 2.45) is 29.1 Å². The van der Waals surface area contributed by atoms with Crippen LogP contribution in [0, 0.1) is 40.4 Å². The SMILES string of the molecule is CNC(=O)C12CC3CC(C1)C(C1C(Nc4ccc(C#N)cn4)CCN1C(=O)O)C(C3)C2. The number of nitrogens with zero attached hydrogens (tertiary/aromatic N) is 3. The first kappa shape index (κ1) is 20.1. The largest absolute Gasteiger partial charge is 0.465 e. The predicted molar refractivity (Wildman–Crippen MR) is 113 cm³/mol.